The minimum absolute atomic E-state index is 0.0460. The fourth-order valence-electron chi connectivity index (χ4n) is 2.66. The summed E-state index contributed by atoms with van der Waals surface area (Å²) in [5, 5.41) is 7.63. The van der Waals surface area contributed by atoms with Crippen LogP contribution in [0.4, 0.5) is 5.69 Å². The van der Waals surface area contributed by atoms with Gasteiger partial charge in [-0.25, -0.2) is 5.43 Å². The monoisotopic (exact) mass is 403 g/mol. The highest BCUT2D eigenvalue weighted by Crippen LogP contribution is 2.26. The Morgan fingerprint density at radius 3 is 2.76 bits per heavy atom. The molecule has 1 aromatic carbocycles. The zero-order valence-electron chi connectivity index (χ0n) is 14.9. The smallest absolute Gasteiger partial charge is 0.240 e. The van der Waals surface area contributed by atoms with E-state index in [1.165, 1.54) is 5.57 Å². The van der Waals surface area contributed by atoms with E-state index < -0.39 is 0 Å². The van der Waals surface area contributed by atoms with Crippen molar-refractivity contribution in [2.75, 3.05) is 11.9 Å². The molecule has 0 saturated carbocycles. The van der Waals surface area contributed by atoms with E-state index in [2.05, 4.69) is 44.4 Å². The van der Waals surface area contributed by atoms with Crippen LogP contribution in [-0.4, -0.2) is 18.2 Å². The number of amides is 1. The largest absolute Gasteiger partial charge is 0.385 e. The molecule has 4 nitrogen and oxygen atoms in total. The lowest BCUT2D eigenvalue weighted by Crippen LogP contribution is -2.23. The second kappa shape index (κ2) is 9.56. The molecule has 0 saturated heterocycles. The van der Waals surface area contributed by atoms with E-state index in [1.54, 1.807) is 0 Å². The Morgan fingerprint density at radius 2 is 2.08 bits per heavy atom. The van der Waals surface area contributed by atoms with Gasteiger partial charge in [0, 0.05) is 23.1 Å². The maximum atomic E-state index is 12.0. The van der Waals surface area contributed by atoms with E-state index in [1.807, 2.05) is 38.1 Å². The van der Waals surface area contributed by atoms with Crippen LogP contribution >= 0.6 is 15.9 Å². The van der Waals surface area contributed by atoms with Crippen LogP contribution in [-0.2, 0) is 4.79 Å². The van der Waals surface area contributed by atoms with E-state index in [9.17, 15) is 4.79 Å². The summed E-state index contributed by atoms with van der Waals surface area (Å²) in [6, 6.07) is 7.99. The zero-order valence-corrected chi connectivity index (χ0v) is 16.5. The Kier molecular flexibility index (Phi) is 7.44. The highest BCUT2D eigenvalue weighted by molar-refractivity contribution is 9.10. The number of rotatable bonds is 7. The number of hydrogen-bond acceptors (Lipinski definition) is 3. The first kappa shape index (κ1) is 19.4. The number of hydrogen-bond donors (Lipinski definition) is 2. The lowest BCUT2D eigenvalue weighted by atomic mass is 9.85. The zero-order chi connectivity index (χ0) is 18.2. The molecule has 1 amide bonds. The summed E-state index contributed by atoms with van der Waals surface area (Å²) in [6.07, 6.45) is 5.25. The maximum Gasteiger partial charge on any atom is 0.240 e. The predicted octanol–water partition coefficient (Wildman–Crippen LogP) is 5.05. The van der Waals surface area contributed by atoms with Crippen LogP contribution in [0.5, 0.6) is 0 Å². The van der Waals surface area contributed by atoms with Crippen LogP contribution in [0.1, 0.15) is 39.5 Å². The normalized spacial score (nSPS) is 18.6. The standard InChI is InChI=1S/C20H26BrN3O/c1-14(2)16-7-6-15(3)19(13-16)23-24-20(25)5-4-12-22-18-10-8-17(21)9-11-18/h6,8-11,16,22H,1,4-5,7,12-13H2,2-3H3,(H,24,25)/b23-19-/t16-/m0/s1. The molecule has 1 atom stereocenters. The van der Waals surface area contributed by atoms with Gasteiger partial charge in [0.15, 0.2) is 0 Å². The van der Waals surface area contributed by atoms with Crippen LogP contribution in [0.2, 0.25) is 0 Å². The summed E-state index contributed by atoms with van der Waals surface area (Å²) in [7, 11) is 0. The number of benzene rings is 1. The van der Waals surface area contributed by atoms with Crippen molar-refractivity contribution in [1.82, 2.24) is 5.43 Å². The number of nitrogens with zero attached hydrogens (tertiary/aromatic N) is 1. The Labute approximate surface area is 158 Å². The van der Waals surface area contributed by atoms with Gasteiger partial charge >= 0.3 is 0 Å². The van der Waals surface area contributed by atoms with Crippen molar-refractivity contribution in [1.29, 1.82) is 0 Å². The number of halogens is 1. The molecule has 134 valence electrons. The average molecular weight is 404 g/mol. The van der Waals surface area contributed by atoms with Gasteiger partial charge in [0.2, 0.25) is 5.91 Å². The molecule has 1 aliphatic rings. The van der Waals surface area contributed by atoms with E-state index in [4.69, 9.17) is 0 Å². The summed E-state index contributed by atoms with van der Waals surface area (Å²) >= 11 is 3.41. The topological polar surface area (TPSA) is 53.5 Å². The molecule has 2 rings (SSSR count). The maximum absolute atomic E-state index is 12.0. The Bertz CT molecular complexity index is 677. The van der Waals surface area contributed by atoms with E-state index >= 15 is 0 Å². The predicted molar refractivity (Wildman–Crippen MR) is 109 cm³/mol. The Morgan fingerprint density at radius 1 is 1.36 bits per heavy atom. The summed E-state index contributed by atoms with van der Waals surface area (Å²) in [4.78, 5) is 12.0. The van der Waals surface area contributed by atoms with E-state index in [-0.39, 0.29) is 5.91 Å². The molecule has 0 bridgehead atoms. The van der Waals surface area contributed by atoms with Crippen molar-refractivity contribution in [3.8, 4) is 0 Å². The second-order valence-corrected chi connectivity index (χ2v) is 7.42. The van der Waals surface area contributed by atoms with Gasteiger partial charge in [0.25, 0.3) is 0 Å². The molecule has 0 radical (unpaired) electrons. The van der Waals surface area contributed by atoms with Crippen molar-refractivity contribution < 1.29 is 4.79 Å². The minimum Gasteiger partial charge on any atom is -0.385 e. The van der Waals surface area contributed by atoms with Crippen LogP contribution in [0.3, 0.4) is 0 Å². The second-order valence-electron chi connectivity index (χ2n) is 6.50. The van der Waals surface area contributed by atoms with Crippen LogP contribution < -0.4 is 10.7 Å². The first-order valence-electron chi connectivity index (χ1n) is 8.63. The molecule has 0 fully saturated rings. The first-order valence-corrected chi connectivity index (χ1v) is 9.42. The van der Waals surface area contributed by atoms with E-state index in [0.29, 0.717) is 12.3 Å². The quantitative estimate of drug-likeness (QED) is 0.380. The molecule has 0 aromatic heterocycles. The highest BCUT2D eigenvalue weighted by atomic mass is 79.9. The van der Waals surface area contributed by atoms with Crippen LogP contribution in [0, 0.1) is 5.92 Å². The Hall–Kier alpha value is -1.88. The molecule has 1 aliphatic carbocycles. The fraction of sp³-hybridized carbons (Fsp3) is 0.400. The van der Waals surface area contributed by atoms with Crippen molar-refractivity contribution >= 4 is 33.2 Å². The number of carbonyl (C=O) groups is 1. The molecule has 0 aliphatic heterocycles. The molecule has 0 spiro atoms. The summed E-state index contributed by atoms with van der Waals surface area (Å²) in [5.74, 6) is 0.379. The average Bonchev–Trinajstić information content (AvgIpc) is 2.59. The minimum atomic E-state index is -0.0460. The number of carbonyl (C=O) groups excluding carboxylic acids is 1. The molecule has 1 aromatic rings. The molecule has 25 heavy (non-hydrogen) atoms. The molecule has 0 heterocycles. The highest BCUT2D eigenvalue weighted by Gasteiger charge is 2.18. The van der Waals surface area contributed by atoms with Gasteiger partial charge in [-0.15, -0.1) is 0 Å². The van der Waals surface area contributed by atoms with Gasteiger partial charge in [-0.3, -0.25) is 4.79 Å². The number of allylic oxidation sites excluding steroid dienone is 3. The lowest BCUT2D eigenvalue weighted by Gasteiger charge is -2.22. The third-order valence-corrected chi connectivity index (χ3v) is 4.90. The first-order chi connectivity index (χ1) is 12.0. The molecule has 5 heteroatoms. The number of hydrazone groups is 1. The number of nitrogens with one attached hydrogen (secondary N) is 2. The van der Waals surface area contributed by atoms with Crippen LogP contribution in [0.15, 0.2) is 57.6 Å². The lowest BCUT2D eigenvalue weighted by molar-refractivity contribution is -0.121. The van der Waals surface area contributed by atoms with Crippen molar-refractivity contribution in [2.24, 2.45) is 11.0 Å². The number of anilines is 1. The van der Waals surface area contributed by atoms with Gasteiger partial charge in [-0.2, -0.15) is 5.10 Å². The van der Waals surface area contributed by atoms with Crippen molar-refractivity contribution in [3.05, 3.63) is 52.5 Å². The Balaban J connectivity index is 1.72. The molecular formula is C20H26BrN3O. The molecule has 0 unspecified atom stereocenters. The van der Waals surface area contributed by atoms with Crippen molar-refractivity contribution in [3.63, 3.8) is 0 Å². The summed E-state index contributed by atoms with van der Waals surface area (Å²) < 4.78 is 1.05. The van der Waals surface area contributed by atoms with Gasteiger partial charge in [-0.05, 0) is 68.9 Å². The van der Waals surface area contributed by atoms with Gasteiger partial charge in [-0.1, -0.05) is 34.2 Å². The third-order valence-electron chi connectivity index (χ3n) is 4.37. The summed E-state index contributed by atoms with van der Waals surface area (Å²) in [5.41, 5.74) is 7.02. The summed E-state index contributed by atoms with van der Waals surface area (Å²) in [6.45, 7) is 8.88. The SMILES string of the molecule is C=C(C)[C@H]1CC=C(C)/C(=N\NC(=O)CCCNc2ccc(Br)cc2)C1. The van der Waals surface area contributed by atoms with Gasteiger partial charge in [0.05, 0.1) is 5.71 Å². The van der Waals surface area contributed by atoms with Crippen molar-refractivity contribution in [2.45, 2.75) is 39.5 Å². The van der Waals surface area contributed by atoms with Gasteiger partial charge < -0.3 is 5.32 Å². The molecule has 2 N–H and O–H groups in total. The third kappa shape index (κ3) is 6.50. The van der Waals surface area contributed by atoms with Gasteiger partial charge in [0.1, 0.15) is 0 Å². The molecular weight excluding hydrogens is 378 g/mol. The fourth-order valence-corrected chi connectivity index (χ4v) is 2.92. The van der Waals surface area contributed by atoms with E-state index in [0.717, 1.165) is 47.3 Å². The van der Waals surface area contributed by atoms with Crippen LogP contribution in [0.25, 0.3) is 0 Å².